The monoisotopic (exact) mass is 403 g/mol. The lowest BCUT2D eigenvalue weighted by molar-refractivity contribution is -0.0494. The molecule has 2 aromatic carbocycles. The normalized spacial score (nSPS) is 13.0. The van der Waals surface area contributed by atoms with Crippen LogP contribution in [-0.4, -0.2) is 20.2 Å². The first-order valence-corrected chi connectivity index (χ1v) is 9.45. The lowest BCUT2D eigenvalue weighted by Crippen LogP contribution is -2.15. The van der Waals surface area contributed by atoms with Gasteiger partial charge in [-0.25, -0.2) is 14.4 Å². The van der Waals surface area contributed by atoms with E-state index >= 15 is 0 Å². The number of nitrogens with zero attached hydrogens (tertiary/aromatic N) is 3. The zero-order chi connectivity index (χ0) is 20.0. The summed E-state index contributed by atoms with van der Waals surface area (Å²) in [7, 11) is 0. The Bertz CT molecular complexity index is 1290. The van der Waals surface area contributed by atoms with E-state index < -0.39 is 5.82 Å². The average molecular weight is 404 g/mol. The number of rotatable bonds is 2. The first-order chi connectivity index (χ1) is 14.1. The third kappa shape index (κ3) is 3.14. The van der Waals surface area contributed by atoms with Gasteiger partial charge in [-0.05, 0) is 64.7 Å². The summed E-state index contributed by atoms with van der Waals surface area (Å²) in [5.41, 5.74) is 5.19. The zero-order valence-electron chi connectivity index (χ0n) is 15.2. The van der Waals surface area contributed by atoms with Gasteiger partial charge in [-0.3, -0.25) is 10.3 Å². The molecule has 1 aliphatic heterocycles. The Labute approximate surface area is 171 Å². The molecule has 3 heterocycles. The maximum Gasteiger partial charge on any atom is 0.160 e. The second kappa shape index (κ2) is 6.95. The molecule has 1 aliphatic rings. The highest BCUT2D eigenvalue weighted by Gasteiger charge is 2.18. The fraction of sp³-hybridized carbons (Fsp3) is 0.0435. The molecule has 0 atom stereocenters. The van der Waals surface area contributed by atoms with E-state index in [1.165, 1.54) is 12.1 Å². The van der Waals surface area contributed by atoms with Crippen LogP contribution in [-0.2, 0) is 6.54 Å². The van der Waals surface area contributed by atoms with Crippen LogP contribution < -0.4 is 0 Å². The Morgan fingerprint density at radius 1 is 1.00 bits per heavy atom. The molecule has 0 amide bonds. The minimum Gasteiger partial charge on any atom is -0.289 e. The second-order valence-electron chi connectivity index (χ2n) is 6.85. The highest BCUT2D eigenvalue weighted by Crippen LogP contribution is 2.37. The molecule has 0 spiro atoms. The van der Waals surface area contributed by atoms with Crippen molar-refractivity contribution < 1.29 is 9.60 Å². The van der Waals surface area contributed by atoms with E-state index in [4.69, 9.17) is 11.6 Å². The van der Waals surface area contributed by atoms with Gasteiger partial charge in [-0.1, -0.05) is 29.8 Å². The van der Waals surface area contributed by atoms with Crippen molar-refractivity contribution >= 4 is 28.7 Å². The number of hydroxylamine groups is 2. The molecule has 6 heteroatoms. The molecule has 1 N–H and O–H groups in total. The molecule has 0 aliphatic carbocycles. The van der Waals surface area contributed by atoms with Crippen LogP contribution in [0.5, 0.6) is 0 Å². The van der Waals surface area contributed by atoms with Crippen LogP contribution in [0.25, 0.3) is 39.5 Å². The van der Waals surface area contributed by atoms with Crippen LogP contribution >= 0.6 is 11.6 Å². The van der Waals surface area contributed by atoms with Crippen LogP contribution in [0.3, 0.4) is 0 Å². The molecule has 0 unspecified atom stereocenters. The minimum absolute atomic E-state index is 0.327. The van der Waals surface area contributed by atoms with E-state index in [0.29, 0.717) is 28.5 Å². The zero-order valence-corrected chi connectivity index (χ0v) is 15.9. The SMILES string of the molecule is ON1C=Cc2c(cccc2-c2cc(-c3cc(Cl)ccc3F)nc3ncccc23)C1. The molecule has 4 nitrogen and oxygen atoms in total. The predicted octanol–water partition coefficient (Wildman–Crippen LogP) is 5.93. The molecule has 4 aromatic rings. The van der Waals surface area contributed by atoms with E-state index in [2.05, 4.69) is 9.97 Å². The molecular weight excluding hydrogens is 389 g/mol. The Hall–Kier alpha value is -3.28. The Balaban J connectivity index is 1.81. The van der Waals surface area contributed by atoms with Crippen LogP contribution in [0, 0.1) is 5.82 Å². The maximum absolute atomic E-state index is 14.5. The van der Waals surface area contributed by atoms with Crippen molar-refractivity contribution in [1.82, 2.24) is 15.0 Å². The first kappa shape index (κ1) is 17.8. The summed E-state index contributed by atoms with van der Waals surface area (Å²) in [5.74, 6) is -0.394. The van der Waals surface area contributed by atoms with E-state index in [9.17, 15) is 9.60 Å². The highest BCUT2D eigenvalue weighted by molar-refractivity contribution is 6.30. The molecule has 2 aromatic heterocycles. The third-order valence-corrected chi connectivity index (χ3v) is 5.26. The number of hydrogen-bond acceptors (Lipinski definition) is 4. The summed E-state index contributed by atoms with van der Waals surface area (Å²) in [5, 5.41) is 12.3. The van der Waals surface area contributed by atoms with Crippen LogP contribution in [0.2, 0.25) is 5.02 Å². The molecule has 142 valence electrons. The van der Waals surface area contributed by atoms with Crippen molar-refractivity contribution in [1.29, 1.82) is 0 Å². The summed E-state index contributed by atoms with van der Waals surface area (Å²) in [6.45, 7) is 0.400. The van der Waals surface area contributed by atoms with Gasteiger partial charge in [0, 0.05) is 28.4 Å². The lowest BCUT2D eigenvalue weighted by Gasteiger charge is -2.22. The molecule has 0 saturated carbocycles. The number of hydrogen-bond donors (Lipinski definition) is 1. The Kier molecular flexibility index (Phi) is 4.27. The van der Waals surface area contributed by atoms with Gasteiger partial charge in [0.2, 0.25) is 0 Å². The van der Waals surface area contributed by atoms with E-state index in [-0.39, 0.29) is 0 Å². The van der Waals surface area contributed by atoms with E-state index in [1.807, 2.05) is 42.5 Å². The summed E-state index contributed by atoms with van der Waals surface area (Å²) < 4.78 is 14.5. The summed E-state index contributed by atoms with van der Waals surface area (Å²) >= 11 is 6.10. The fourth-order valence-corrected chi connectivity index (χ4v) is 3.85. The number of pyridine rings is 2. The largest absolute Gasteiger partial charge is 0.289 e. The highest BCUT2D eigenvalue weighted by atomic mass is 35.5. The van der Waals surface area contributed by atoms with Crippen LogP contribution in [0.15, 0.2) is 67.0 Å². The van der Waals surface area contributed by atoms with Gasteiger partial charge in [0.05, 0.1) is 12.2 Å². The van der Waals surface area contributed by atoms with Crippen LogP contribution in [0.1, 0.15) is 11.1 Å². The smallest absolute Gasteiger partial charge is 0.160 e. The topological polar surface area (TPSA) is 49.2 Å². The number of aromatic nitrogens is 2. The van der Waals surface area contributed by atoms with Gasteiger partial charge in [0.25, 0.3) is 0 Å². The Morgan fingerprint density at radius 3 is 2.79 bits per heavy atom. The standard InChI is InChI=1S/C23H15ClFN3O/c24-15-6-7-21(25)20(11-15)22-12-19(18-5-2-9-26-23(18)27-22)17-4-1-3-14-13-28(29)10-8-16(14)17/h1-12,29H,13H2. The average Bonchev–Trinajstić information content (AvgIpc) is 2.74. The number of benzene rings is 2. The number of halogens is 2. The molecule has 0 saturated heterocycles. The van der Waals surface area contributed by atoms with Gasteiger partial charge in [-0.15, -0.1) is 0 Å². The fourth-order valence-electron chi connectivity index (χ4n) is 3.68. The molecule has 0 radical (unpaired) electrons. The third-order valence-electron chi connectivity index (χ3n) is 5.02. The molecular formula is C23H15ClFN3O. The lowest BCUT2D eigenvalue weighted by atomic mass is 9.91. The molecule has 29 heavy (non-hydrogen) atoms. The van der Waals surface area contributed by atoms with Gasteiger partial charge < -0.3 is 0 Å². The van der Waals surface area contributed by atoms with Gasteiger partial charge in [-0.2, -0.15) is 0 Å². The van der Waals surface area contributed by atoms with E-state index in [0.717, 1.165) is 32.7 Å². The molecule has 0 fully saturated rings. The Morgan fingerprint density at radius 2 is 1.90 bits per heavy atom. The van der Waals surface area contributed by atoms with Crippen molar-refractivity contribution in [3.8, 4) is 22.4 Å². The second-order valence-corrected chi connectivity index (χ2v) is 7.28. The van der Waals surface area contributed by atoms with Gasteiger partial charge >= 0.3 is 0 Å². The number of fused-ring (bicyclic) bond motifs is 2. The van der Waals surface area contributed by atoms with Gasteiger partial charge in [0.15, 0.2) is 5.65 Å². The van der Waals surface area contributed by atoms with E-state index in [1.54, 1.807) is 18.5 Å². The molecule has 0 bridgehead atoms. The summed E-state index contributed by atoms with van der Waals surface area (Å²) in [4.78, 5) is 8.98. The van der Waals surface area contributed by atoms with Crippen molar-refractivity contribution in [3.63, 3.8) is 0 Å². The maximum atomic E-state index is 14.5. The minimum atomic E-state index is -0.394. The summed E-state index contributed by atoms with van der Waals surface area (Å²) in [6.07, 6.45) is 5.17. The van der Waals surface area contributed by atoms with Crippen molar-refractivity contribution in [2.75, 3.05) is 0 Å². The molecule has 5 rings (SSSR count). The first-order valence-electron chi connectivity index (χ1n) is 9.07. The van der Waals surface area contributed by atoms with Crippen molar-refractivity contribution in [3.05, 3.63) is 89.0 Å². The van der Waals surface area contributed by atoms with Gasteiger partial charge in [0.1, 0.15) is 5.82 Å². The van der Waals surface area contributed by atoms with Crippen molar-refractivity contribution in [2.24, 2.45) is 0 Å². The summed E-state index contributed by atoms with van der Waals surface area (Å²) in [6, 6.07) is 16.0. The van der Waals surface area contributed by atoms with Crippen molar-refractivity contribution in [2.45, 2.75) is 6.54 Å². The quantitative estimate of drug-likeness (QED) is 0.450. The van der Waals surface area contributed by atoms with Crippen LogP contribution in [0.4, 0.5) is 4.39 Å². The predicted molar refractivity (Wildman–Crippen MR) is 112 cm³/mol.